The molecule has 344 valence electrons. The van der Waals surface area contributed by atoms with Crippen LogP contribution in [0.3, 0.4) is 0 Å². The lowest BCUT2D eigenvalue weighted by molar-refractivity contribution is -0.256. The lowest BCUT2D eigenvalue weighted by Gasteiger charge is -2.53. The van der Waals surface area contributed by atoms with Crippen molar-refractivity contribution in [2.45, 2.75) is 153 Å². The summed E-state index contributed by atoms with van der Waals surface area (Å²) in [5.74, 6) is -0.218. The van der Waals surface area contributed by atoms with Crippen LogP contribution < -0.4 is 20.7 Å². The number of methoxy groups -OCH3 is 1. The molecule has 0 bridgehead atoms. The summed E-state index contributed by atoms with van der Waals surface area (Å²) in [6.07, 6.45) is 0.691. The normalized spacial score (nSPS) is 25.8. The first kappa shape index (κ1) is 48.2. The molecule has 8 nitrogen and oxygen atoms in total. The van der Waals surface area contributed by atoms with E-state index in [-0.39, 0.29) is 41.0 Å². The van der Waals surface area contributed by atoms with Gasteiger partial charge in [-0.25, -0.2) is 0 Å². The molecule has 3 saturated heterocycles. The van der Waals surface area contributed by atoms with Gasteiger partial charge in [0.1, 0.15) is 30.5 Å². The largest absolute Gasteiger partial charge is 0.465 e. The van der Waals surface area contributed by atoms with Crippen LogP contribution in [0, 0.1) is 5.41 Å². The molecule has 64 heavy (non-hydrogen) atoms. The number of hydrogen-bond donors (Lipinski definition) is 0. The van der Waals surface area contributed by atoms with Crippen LogP contribution in [-0.4, -0.2) is 91.3 Å². The highest BCUT2D eigenvalue weighted by Crippen LogP contribution is 2.48. The average molecular weight is 905 g/mol. The fourth-order valence-corrected chi connectivity index (χ4v) is 19.8. The van der Waals surface area contributed by atoms with Crippen molar-refractivity contribution in [1.82, 2.24) is 0 Å². The van der Waals surface area contributed by atoms with Gasteiger partial charge in [0.15, 0.2) is 0 Å². The van der Waals surface area contributed by atoms with Crippen LogP contribution in [0.15, 0.2) is 134 Å². The summed E-state index contributed by atoms with van der Waals surface area (Å²) in [7, 11) is -4.60. The number of hydrogen-bond acceptors (Lipinski definition) is 8. The number of rotatable bonds is 15. The third kappa shape index (κ3) is 9.58. The molecule has 3 fully saturated rings. The Morgan fingerprint density at radius 3 is 1.48 bits per heavy atom. The number of esters is 1. The molecule has 0 saturated carbocycles. The summed E-state index contributed by atoms with van der Waals surface area (Å²) in [4.78, 5) is 12.8. The van der Waals surface area contributed by atoms with Gasteiger partial charge < -0.3 is 32.5 Å². The Labute approximate surface area is 385 Å². The number of fused-ring (bicyclic) bond motifs is 2. The molecular weight excluding hydrogens is 833 g/mol. The smallest absolute Gasteiger partial charge is 0.311 e. The van der Waals surface area contributed by atoms with Gasteiger partial charge in [-0.1, -0.05) is 169 Å². The van der Waals surface area contributed by atoms with Crippen LogP contribution >= 0.6 is 0 Å². The summed E-state index contributed by atoms with van der Waals surface area (Å²) in [5, 5.41) is 4.12. The second-order valence-corrected chi connectivity index (χ2v) is 29.5. The van der Waals surface area contributed by atoms with Crippen LogP contribution in [0.1, 0.15) is 88.0 Å². The summed E-state index contributed by atoms with van der Waals surface area (Å²) in [6.45, 7) is 23.9. The molecule has 0 aliphatic carbocycles. The minimum Gasteiger partial charge on any atom is -0.465 e. The van der Waals surface area contributed by atoms with Crippen LogP contribution in [0.25, 0.3) is 0 Å². The SMILES string of the molecule is C=CC(C[C@H]1O[C@H]2[C@@H](O[Si](c3ccccc3)(c3ccccc3)C(C)(C)C)[C@H]3OC(CCOC(=O)C(C)(C)C)CC[C@@H]3O[C@H]2[C@H]1O[Si](c1ccccc1)(c1ccccc1)C(C)(C)C)OC. The van der Waals surface area contributed by atoms with Crippen LogP contribution in [-0.2, 0) is 37.3 Å². The van der Waals surface area contributed by atoms with Crippen LogP contribution in [0.2, 0.25) is 10.1 Å². The molecule has 10 heteroatoms. The monoisotopic (exact) mass is 904 g/mol. The molecule has 0 spiro atoms. The molecule has 0 aromatic heterocycles. The zero-order valence-electron chi connectivity index (χ0n) is 39.8. The van der Waals surface area contributed by atoms with Crippen molar-refractivity contribution in [3.63, 3.8) is 0 Å². The molecule has 4 aromatic carbocycles. The topological polar surface area (TPSA) is 81.7 Å². The van der Waals surface area contributed by atoms with Crippen molar-refractivity contribution >= 4 is 43.4 Å². The Balaban J connectivity index is 1.38. The van der Waals surface area contributed by atoms with E-state index < -0.39 is 58.7 Å². The van der Waals surface area contributed by atoms with E-state index in [1.807, 2.05) is 26.8 Å². The third-order valence-corrected chi connectivity index (χ3v) is 23.7. The molecule has 2 unspecified atom stereocenters. The Morgan fingerprint density at radius 1 is 0.641 bits per heavy atom. The molecular formula is C54H72O8Si2. The Bertz CT molecular complexity index is 2040. The Hall–Kier alpha value is -3.72. The van der Waals surface area contributed by atoms with E-state index in [2.05, 4.69) is 169 Å². The van der Waals surface area contributed by atoms with Crippen molar-refractivity contribution < 1.29 is 37.3 Å². The predicted molar refractivity (Wildman–Crippen MR) is 261 cm³/mol. The van der Waals surface area contributed by atoms with Crippen LogP contribution in [0.5, 0.6) is 0 Å². The minimum absolute atomic E-state index is 0.167. The van der Waals surface area contributed by atoms with Gasteiger partial charge in [0.2, 0.25) is 0 Å². The van der Waals surface area contributed by atoms with Gasteiger partial charge in [-0.2, -0.15) is 0 Å². The van der Waals surface area contributed by atoms with E-state index in [0.717, 1.165) is 12.8 Å². The molecule has 0 amide bonds. The fraction of sp³-hybridized carbons (Fsp3) is 0.500. The van der Waals surface area contributed by atoms with E-state index in [9.17, 15) is 4.79 Å². The van der Waals surface area contributed by atoms with Crippen molar-refractivity contribution in [3.8, 4) is 0 Å². The maximum atomic E-state index is 12.8. The highest BCUT2D eigenvalue weighted by molar-refractivity contribution is 7.00. The van der Waals surface area contributed by atoms with Crippen molar-refractivity contribution in [3.05, 3.63) is 134 Å². The van der Waals surface area contributed by atoms with E-state index in [0.29, 0.717) is 12.8 Å². The number of benzene rings is 4. The Kier molecular flexibility index (Phi) is 14.8. The number of carbonyl (C=O) groups is 1. The minimum atomic E-state index is -3.19. The number of carbonyl (C=O) groups excluding carboxylic acids is 1. The standard InChI is InChI=1S/C54H72O8Si2/c1-12-38(56-11)37-45-47(61-63(53(5,6)7,40-25-17-13-18-26-40)41-27-19-14-20-28-41)48-49(60-45)50(46-44(59-48)34-33-39(58-46)35-36-57-51(55)52(2,3)4)62-64(54(8,9)10,42-29-21-15-22-30-42)43-31-23-16-24-32-43/h12-32,38-39,44-50H,1,33-37H2,2-11H3/t38?,39?,44-,45+,46-,47-,48-,49+,50-/m0/s1. The van der Waals surface area contributed by atoms with E-state index in [1.165, 1.54) is 20.7 Å². The molecule has 3 heterocycles. The molecule has 0 N–H and O–H groups in total. The van der Waals surface area contributed by atoms with E-state index >= 15 is 0 Å². The van der Waals surface area contributed by atoms with Crippen molar-refractivity contribution in [2.24, 2.45) is 5.41 Å². The molecule has 4 aromatic rings. The van der Waals surface area contributed by atoms with Gasteiger partial charge in [-0.3, -0.25) is 4.79 Å². The zero-order chi connectivity index (χ0) is 45.9. The molecule has 9 atom stereocenters. The average Bonchev–Trinajstić information content (AvgIpc) is 3.61. The highest BCUT2D eigenvalue weighted by Gasteiger charge is 2.64. The first-order valence-corrected chi connectivity index (χ1v) is 27.1. The van der Waals surface area contributed by atoms with Gasteiger partial charge in [0, 0.05) is 20.0 Å². The van der Waals surface area contributed by atoms with Crippen molar-refractivity contribution in [2.75, 3.05) is 13.7 Å². The molecule has 3 aliphatic rings. The predicted octanol–water partition coefficient (Wildman–Crippen LogP) is 8.53. The van der Waals surface area contributed by atoms with Gasteiger partial charge in [0.05, 0.1) is 36.4 Å². The lowest BCUT2D eigenvalue weighted by Crippen LogP contribution is -2.73. The van der Waals surface area contributed by atoms with E-state index in [4.69, 9.17) is 32.5 Å². The highest BCUT2D eigenvalue weighted by atomic mass is 28.4. The first-order chi connectivity index (χ1) is 30.4. The third-order valence-electron chi connectivity index (χ3n) is 13.6. The summed E-state index contributed by atoms with van der Waals surface area (Å²) in [6, 6.07) is 43.1. The zero-order valence-corrected chi connectivity index (χ0v) is 41.8. The molecule has 0 radical (unpaired) electrons. The molecule has 7 rings (SSSR count). The molecule has 3 aliphatic heterocycles. The lowest BCUT2D eigenvalue weighted by atomic mass is 9.88. The van der Waals surface area contributed by atoms with Gasteiger partial charge in [-0.15, -0.1) is 6.58 Å². The van der Waals surface area contributed by atoms with Gasteiger partial charge in [-0.05, 0) is 64.4 Å². The second kappa shape index (κ2) is 19.6. The maximum Gasteiger partial charge on any atom is 0.311 e. The summed E-state index contributed by atoms with van der Waals surface area (Å²) in [5.41, 5.74) is -0.587. The van der Waals surface area contributed by atoms with E-state index in [1.54, 1.807) is 7.11 Å². The summed E-state index contributed by atoms with van der Waals surface area (Å²) >= 11 is 0. The summed E-state index contributed by atoms with van der Waals surface area (Å²) < 4.78 is 50.3. The van der Waals surface area contributed by atoms with Gasteiger partial charge >= 0.3 is 5.97 Å². The Morgan fingerprint density at radius 2 is 1.08 bits per heavy atom. The van der Waals surface area contributed by atoms with Crippen molar-refractivity contribution in [1.29, 1.82) is 0 Å². The van der Waals surface area contributed by atoms with Crippen LogP contribution in [0.4, 0.5) is 0 Å². The number of ether oxygens (including phenoxy) is 5. The second-order valence-electron chi connectivity index (χ2n) is 21.0. The first-order valence-electron chi connectivity index (χ1n) is 23.3. The quantitative estimate of drug-likeness (QED) is 0.0668. The maximum absolute atomic E-state index is 12.8. The fourth-order valence-electron chi connectivity index (χ4n) is 10.4. The van der Waals surface area contributed by atoms with Gasteiger partial charge in [0.25, 0.3) is 16.6 Å².